The molecule has 0 N–H and O–H groups in total. The monoisotopic (exact) mass is 200 g/mol. The molecule has 1 aromatic heterocycles. The lowest BCUT2D eigenvalue weighted by Gasteiger charge is -2.15. The highest BCUT2D eigenvalue weighted by Crippen LogP contribution is 2.18. The van der Waals surface area contributed by atoms with Crippen LogP contribution in [-0.4, -0.2) is 16.5 Å². The van der Waals surface area contributed by atoms with Crippen LogP contribution in [0.4, 0.5) is 0 Å². The smallest absolute Gasteiger partial charge is 0.190 e. The highest BCUT2D eigenvalue weighted by Gasteiger charge is 2.25. The van der Waals surface area contributed by atoms with Crippen molar-refractivity contribution >= 4 is 11.5 Å². The number of rotatable bonds is 1. The maximum atomic E-state index is 11.9. The van der Waals surface area contributed by atoms with Gasteiger partial charge < -0.3 is 0 Å². The molecule has 0 spiro atoms. The number of carbonyl (C=O) groups excluding carboxylic acids is 1. The number of carbonyl (C=O) groups is 1. The molecule has 0 radical (unpaired) electrons. The fourth-order valence-electron chi connectivity index (χ4n) is 1.45. The first-order valence-corrected chi connectivity index (χ1v) is 4.90. The Bertz CT molecular complexity index is 446. The van der Waals surface area contributed by atoms with Gasteiger partial charge in [-0.05, 0) is 24.6 Å². The summed E-state index contributed by atoms with van der Waals surface area (Å²) in [6, 6.07) is 5.48. The van der Waals surface area contributed by atoms with Gasteiger partial charge in [-0.15, -0.1) is 0 Å². The lowest BCUT2D eigenvalue weighted by Crippen LogP contribution is -2.26. The van der Waals surface area contributed by atoms with E-state index in [1.165, 1.54) is 0 Å². The van der Waals surface area contributed by atoms with Crippen molar-refractivity contribution in [2.24, 2.45) is 10.9 Å². The first-order valence-electron chi connectivity index (χ1n) is 4.90. The quantitative estimate of drug-likeness (QED) is 0.695. The molecule has 3 heteroatoms. The van der Waals surface area contributed by atoms with Crippen LogP contribution in [0, 0.1) is 5.92 Å². The number of aromatic nitrogens is 1. The molecule has 15 heavy (non-hydrogen) atoms. The number of hydrogen-bond acceptors (Lipinski definition) is 3. The summed E-state index contributed by atoms with van der Waals surface area (Å²) in [6.07, 6.45) is 3.41. The average Bonchev–Trinajstić information content (AvgIpc) is 2.27. The molecule has 2 heterocycles. The molecule has 0 saturated carbocycles. The fraction of sp³-hybridized carbons (Fsp3) is 0.250. The van der Waals surface area contributed by atoms with Gasteiger partial charge in [0.2, 0.25) is 0 Å². The van der Waals surface area contributed by atoms with E-state index >= 15 is 0 Å². The molecule has 76 valence electrons. The number of allylic oxidation sites excluding steroid dienone is 1. The molecule has 1 unspecified atom stereocenters. The lowest BCUT2D eigenvalue weighted by atomic mass is 9.92. The first-order chi connectivity index (χ1) is 7.20. The molecule has 2 rings (SSSR count). The highest BCUT2D eigenvalue weighted by atomic mass is 16.1. The van der Waals surface area contributed by atoms with E-state index < -0.39 is 0 Å². The zero-order valence-electron chi connectivity index (χ0n) is 8.77. The van der Waals surface area contributed by atoms with E-state index in [0.717, 1.165) is 5.57 Å². The van der Waals surface area contributed by atoms with Crippen molar-refractivity contribution in [3.8, 4) is 0 Å². The van der Waals surface area contributed by atoms with E-state index in [4.69, 9.17) is 0 Å². The molecule has 0 aromatic carbocycles. The summed E-state index contributed by atoms with van der Waals surface area (Å²) in [5, 5.41) is 0. The largest absolute Gasteiger partial charge is 0.292 e. The van der Waals surface area contributed by atoms with Gasteiger partial charge in [-0.1, -0.05) is 13.0 Å². The third-order valence-electron chi connectivity index (χ3n) is 2.61. The summed E-state index contributed by atoms with van der Waals surface area (Å²) in [5.74, 6) is -0.0341. The van der Waals surface area contributed by atoms with Crippen LogP contribution in [-0.2, 0) is 4.79 Å². The van der Waals surface area contributed by atoms with Crippen LogP contribution in [0.2, 0.25) is 0 Å². The summed E-state index contributed by atoms with van der Waals surface area (Å²) in [4.78, 5) is 20.2. The Balaban J connectivity index is 2.43. The molecule has 1 aromatic rings. The zero-order chi connectivity index (χ0) is 10.8. The molecule has 1 aliphatic heterocycles. The molecule has 1 atom stereocenters. The van der Waals surface area contributed by atoms with E-state index in [0.29, 0.717) is 11.4 Å². The standard InChI is InChI=1S/C12H12N2O/c1-8-7-14-11(12(15)9(8)2)10-5-3-4-6-13-10/h3-7,9H,1-2H3. The van der Waals surface area contributed by atoms with Crippen LogP contribution >= 0.6 is 0 Å². The van der Waals surface area contributed by atoms with E-state index in [9.17, 15) is 4.79 Å². The Hall–Kier alpha value is -1.77. The van der Waals surface area contributed by atoms with Crippen molar-refractivity contribution in [2.75, 3.05) is 0 Å². The van der Waals surface area contributed by atoms with Crippen LogP contribution in [0.1, 0.15) is 19.5 Å². The van der Waals surface area contributed by atoms with Crippen molar-refractivity contribution < 1.29 is 4.79 Å². The Labute approximate surface area is 88.6 Å². The fourth-order valence-corrected chi connectivity index (χ4v) is 1.45. The molecule has 0 amide bonds. The Morgan fingerprint density at radius 3 is 2.80 bits per heavy atom. The third kappa shape index (κ3) is 1.73. The Morgan fingerprint density at radius 2 is 2.13 bits per heavy atom. The average molecular weight is 200 g/mol. The molecule has 0 saturated heterocycles. The molecule has 0 aliphatic carbocycles. The second-order valence-corrected chi connectivity index (χ2v) is 3.65. The summed E-state index contributed by atoms with van der Waals surface area (Å²) < 4.78 is 0. The normalized spacial score (nSPS) is 20.9. The summed E-state index contributed by atoms with van der Waals surface area (Å²) >= 11 is 0. The van der Waals surface area contributed by atoms with Crippen LogP contribution < -0.4 is 0 Å². The second kappa shape index (κ2) is 3.77. The number of nitrogens with zero attached hydrogens (tertiary/aromatic N) is 2. The van der Waals surface area contributed by atoms with Gasteiger partial charge in [-0.3, -0.25) is 14.8 Å². The number of aliphatic imine (C=N–C) groups is 1. The lowest BCUT2D eigenvalue weighted by molar-refractivity contribution is -0.115. The summed E-state index contributed by atoms with van der Waals surface area (Å²) in [5.41, 5.74) is 2.12. The van der Waals surface area contributed by atoms with Crippen LogP contribution in [0.15, 0.2) is 41.2 Å². The Kier molecular flexibility index (Phi) is 2.46. The minimum Gasteiger partial charge on any atom is -0.292 e. The van der Waals surface area contributed by atoms with Gasteiger partial charge in [0.05, 0.1) is 5.69 Å². The number of ketones is 1. The van der Waals surface area contributed by atoms with Gasteiger partial charge in [-0.25, -0.2) is 0 Å². The van der Waals surface area contributed by atoms with Gasteiger partial charge in [0.15, 0.2) is 5.78 Å². The number of pyridine rings is 1. The summed E-state index contributed by atoms with van der Waals surface area (Å²) in [7, 11) is 0. The minimum absolute atomic E-state index is 0.0497. The predicted octanol–water partition coefficient (Wildman–Crippen LogP) is 1.99. The molecule has 0 bridgehead atoms. The van der Waals surface area contributed by atoms with Gasteiger partial charge in [0, 0.05) is 18.3 Å². The molecular weight excluding hydrogens is 188 g/mol. The van der Waals surface area contributed by atoms with Crippen molar-refractivity contribution in [1.29, 1.82) is 0 Å². The van der Waals surface area contributed by atoms with Crippen molar-refractivity contribution in [3.63, 3.8) is 0 Å². The highest BCUT2D eigenvalue weighted by molar-refractivity contribution is 6.47. The van der Waals surface area contributed by atoms with Crippen LogP contribution in [0.5, 0.6) is 0 Å². The zero-order valence-corrected chi connectivity index (χ0v) is 8.77. The molecule has 1 aliphatic rings. The maximum absolute atomic E-state index is 11.9. The van der Waals surface area contributed by atoms with Crippen molar-refractivity contribution in [3.05, 3.63) is 41.9 Å². The van der Waals surface area contributed by atoms with Gasteiger partial charge in [0.25, 0.3) is 0 Å². The van der Waals surface area contributed by atoms with Gasteiger partial charge in [-0.2, -0.15) is 0 Å². The number of Topliss-reactive ketones (excluding diaryl/α,β-unsaturated/α-hetero) is 1. The SMILES string of the molecule is CC1=CN=C(c2ccccn2)C(=O)C1C. The van der Waals surface area contributed by atoms with E-state index in [-0.39, 0.29) is 11.7 Å². The second-order valence-electron chi connectivity index (χ2n) is 3.65. The Morgan fingerprint density at radius 1 is 1.33 bits per heavy atom. The van der Waals surface area contributed by atoms with Crippen molar-refractivity contribution in [1.82, 2.24) is 4.98 Å². The van der Waals surface area contributed by atoms with Gasteiger partial charge >= 0.3 is 0 Å². The van der Waals surface area contributed by atoms with E-state index in [1.807, 2.05) is 26.0 Å². The first kappa shape index (κ1) is 9.77. The number of hydrogen-bond donors (Lipinski definition) is 0. The van der Waals surface area contributed by atoms with E-state index in [2.05, 4.69) is 9.98 Å². The molecule has 0 fully saturated rings. The predicted molar refractivity (Wildman–Crippen MR) is 58.7 cm³/mol. The van der Waals surface area contributed by atoms with Crippen LogP contribution in [0.25, 0.3) is 0 Å². The minimum atomic E-state index is -0.0838. The molecule has 3 nitrogen and oxygen atoms in total. The van der Waals surface area contributed by atoms with Gasteiger partial charge in [0.1, 0.15) is 5.71 Å². The topological polar surface area (TPSA) is 42.3 Å². The van der Waals surface area contributed by atoms with Crippen molar-refractivity contribution in [2.45, 2.75) is 13.8 Å². The van der Waals surface area contributed by atoms with E-state index in [1.54, 1.807) is 18.5 Å². The van der Waals surface area contributed by atoms with Crippen LogP contribution in [0.3, 0.4) is 0 Å². The molecular formula is C12H12N2O. The maximum Gasteiger partial charge on any atom is 0.190 e. The summed E-state index contributed by atoms with van der Waals surface area (Å²) in [6.45, 7) is 3.81. The third-order valence-corrected chi connectivity index (χ3v) is 2.61.